The molecule has 3 nitrogen and oxygen atoms in total. The van der Waals surface area contributed by atoms with Crippen LogP contribution < -0.4 is 0 Å². The minimum absolute atomic E-state index is 1.16. The first-order valence-electron chi connectivity index (χ1n) is 15.5. The Balaban J connectivity index is 1.63. The molecular weight excluding hydrogens is 546 g/mol. The Bertz CT molecular complexity index is 2390. The molecule has 45 heavy (non-hydrogen) atoms. The maximum atomic E-state index is 2.49. The molecule has 10 rings (SSSR count). The second-order valence-corrected chi connectivity index (χ2v) is 11.7. The Morgan fingerprint density at radius 3 is 0.778 bits per heavy atom. The number of benzene rings is 7. The molecule has 0 unspecified atom stereocenters. The Morgan fingerprint density at radius 1 is 0.244 bits per heavy atom. The van der Waals surface area contributed by atoms with Gasteiger partial charge >= 0.3 is 0 Å². The minimum atomic E-state index is 1.16. The summed E-state index contributed by atoms with van der Waals surface area (Å²) < 4.78 is 7.46. The van der Waals surface area contributed by atoms with Gasteiger partial charge in [0.1, 0.15) is 0 Å². The van der Waals surface area contributed by atoms with Crippen molar-refractivity contribution in [3.05, 3.63) is 164 Å². The van der Waals surface area contributed by atoms with Crippen molar-refractivity contribution in [1.29, 1.82) is 0 Å². The summed E-state index contributed by atoms with van der Waals surface area (Å²) in [5.41, 5.74) is 10.8. The molecule has 0 amide bonds. The van der Waals surface area contributed by atoms with Gasteiger partial charge in [0.25, 0.3) is 0 Å². The highest BCUT2D eigenvalue weighted by molar-refractivity contribution is 6.40. The van der Waals surface area contributed by atoms with Gasteiger partial charge in [0.15, 0.2) is 0 Å². The zero-order valence-corrected chi connectivity index (χ0v) is 24.4. The Hall–Kier alpha value is -6.06. The number of para-hydroxylation sites is 6. The molecule has 0 saturated carbocycles. The lowest BCUT2D eigenvalue weighted by Gasteiger charge is -2.13. The van der Waals surface area contributed by atoms with E-state index in [4.69, 9.17) is 0 Å². The van der Waals surface area contributed by atoms with Gasteiger partial charge in [-0.15, -0.1) is 0 Å². The molecule has 0 bridgehead atoms. The number of rotatable bonds is 3. The van der Waals surface area contributed by atoms with E-state index in [1.165, 1.54) is 65.4 Å². The van der Waals surface area contributed by atoms with Crippen LogP contribution >= 0.6 is 0 Å². The van der Waals surface area contributed by atoms with Crippen molar-refractivity contribution in [2.45, 2.75) is 0 Å². The molecule has 0 aliphatic carbocycles. The van der Waals surface area contributed by atoms with Crippen LogP contribution in [0.2, 0.25) is 0 Å². The lowest BCUT2D eigenvalue weighted by atomic mass is 10.0. The van der Waals surface area contributed by atoms with Gasteiger partial charge in [-0.05, 0) is 54.6 Å². The number of hydrogen-bond donors (Lipinski definition) is 0. The van der Waals surface area contributed by atoms with Gasteiger partial charge in [-0.2, -0.15) is 0 Å². The van der Waals surface area contributed by atoms with Gasteiger partial charge < -0.3 is 13.7 Å². The third kappa shape index (κ3) is 3.24. The van der Waals surface area contributed by atoms with E-state index in [1.807, 2.05) is 0 Å². The molecule has 210 valence electrons. The summed E-state index contributed by atoms with van der Waals surface area (Å²) >= 11 is 0. The minimum Gasteiger partial charge on any atom is -0.308 e. The van der Waals surface area contributed by atoms with Crippen LogP contribution in [0.25, 0.3) is 82.5 Å². The smallest absolute Gasteiger partial charge is 0.0663 e. The molecular formula is C42H27N3. The number of fused-ring (bicyclic) bond motifs is 12. The average molecular weight is 574 g/mol. The van der Waals surface area contributed by atoms with Crippen molar-refractivity contribution in [2.75, 3.05) is 0 Å². The zero-order chi connectivity index (χ0) is 29.5. The lowest BCUT2D eigenvalue weighted by Crippen LogP contribution is -1.97. The fraction of sp³-hybridized carbons (Fsp3) is 0. The van der Waals surface area contributed by atoms with Crippen molar-refractivity contribution >= 4 is 65.4 Å². The van der Waals surface area contributed by atoms with Gasteiger partial charge in [-0.3, -0.25) is 0 Å². The maximum absolute atomic E-state index is 2.49. The van der Waals surface area contributed by atoms with Gasteiger partial charge in [0.05, 0.1) is 33.1 Å². The summed E-state index contributed by atoms with van der Waals surface area (Å²) in [6, 6.07) is 59.2. The molecule has 0 N–H and O–H groups in total. The van der Waals surface area contributed by atoms with E-state index in [1.54, 1.807) is 0 Å². The van der Waals surface area contributed by atoms with Crippen molar-refractivity contribution < 1.29 is 0 Å². The van der Waals surface area contributed by atoms with E-state index in [9.17, 15) is 0 Å². The Labute approximate surface area is 259 Å². The van der Waals surface area contributed by atoms with Crippen LogP contribution in [0.4, 0.5) is 0 Å². The summed E-state index contributed by atoms with van der Waals surface area (Å²) in [5.74, 6) is 0. The molecule has 0 radical (unpaired) electrons. The summed E-state index contributed by atoms with van der Waals surface area (Å²) in [7, 11) is 0. The molecule has 10 aromatic rings. The second-order valence-electron chi connectivity index (χ2n) is 11.7. The van der Waals surface area contributed by atoms with Crippen LogP contribution in [0.15, 0.2) is 164 Å². The normalized spacial score (nSPS) is 12.0. The van der Waals surface area contributed by atoms with Crippen LogP contribution in [0.5, 0.6) is 0 Å². The standard InChI is InChI=1S/C42H27N3/c1-4-16-28(17-5-1)43-34-25-13-10-22-31(34)37-40(43)38-32-23-11-14-26-35(32)44(29-18-6-2-7-19-29)42(38)39-33-24-12-15-27-36(33)45(41(37)39)30-20-8-3-9-21-30/h1-27H. The second kappa shape index (κ2) is 9.22. The van der Waals surface area contributed by atoms with Crippen molar-refractivity contribution in [3.8, 4) is 17.1 Å². The highest BCUT2D eigenvalue weighted by Crippen LogP contribution is 2.50. The SMILES string of the molecule is c1ccc(-n2c3ccccc3c3c2c2c4ccccc4n(-c4ccccc4)c2c2c4ccccc4n(-c4ccccc4)c32)cc1. The molecule has 0 fully saturated rings. The fourth-order valence-electron chi connectivity index (χ4n) is 7.68. The van der Waals surface area contributed by atoms with E-state index in [0.29, 0.717) is 0 Å². The van der Waals surface area contributed by atoms with Crippen molar-refractivity contribution in [1.82, 2.24) is 13.7 Å². The summed E-state index contributed by atoms with van der Waals surface area (Å²) in [4.78, 5) is 0. The summed E-state index contributed by atoms with van der Waals surface area (Å²) in [5, 5.41) is 7.56. The van der Waals surface area contributed by atoms with E-state index >= 15 is 0 Å². The van der Waals surface area contributed by atoms with E-state index in [2.05, 4.69) is 177 Å². The summed E-state index contributed by atoms with van der Waals surface area (Å²) in [6.07, 6.45) is 0. The van der Waals surface area contributed by atoms with Gasteiger partial charge in [-0.25, -0.2) is 0 Å². The Morgan fingerprint density at radius 2 is 0.489 bits per heavy atom. The predicted molar refractivity (Wildman–Crippen MR) is 189 cm³/mol. The molecule has 0 aliphatic heterocycles. The molecule has 3 heterocycles. The highest BCUT2D eigenvalue weighted by Gasteiger charge is 2.28. The van der Waals surface area contributed by atoms with E-state index < -0.39 is 0 Å². The zero-order valence-electron chi connectivity index (χ0n) is 24.4. The van der Waals surface area contributed by atoms with E-state index in [0.717, 1.165) is 17.1 Å². The van der Waals surface area contributed by atoms with Gasteiger partial charge in [0, 0.05) is 49.4 Å². The predicted octanol–water partition coefficient (Wildman–Crippen LogP) is 11.0. The number of nitrogens with zero attached hydrogens (tertiary/aromatic N) is 3. The maximum Gasteiger partial charge on any atom is 0.0663 e. The first kappa shape index (κ1) is 24.4. The summed E-state index contributed by atoms with van der Waals surface area (Å²) in [6.45, 7) is 0. The van der Waals surface area contributed by atoms with Gasteiger partial charge in [-0.1, -0.05) is 109 Å². The molecule has 7 aromatic carbocycles. The van der Waals surface area contributed by atoms with Crippen molar-refractivity contribution in [2.24, 2.45) is 0 Å². The topological polar surface area (TPSA) is 14.8 Å². The average Bonchev–Trinajstić information content (AvgIpc) is 3.75. The van der Waals surface area contributed by atoms with Crippen LogP contribution in [-0.4, -0.2) is 13.7 Å². The van der Waals surface area contributed by atoms with Crippen LogP contribution in [0.3, 0.4) is 0 Å². The molecule has 0 saturated heterocycles. The van der Waals surface area contributed by atoms with Gasteiger partial charge in [0.2, 0.25) is 0 Å². The third-order valence-electron chi connectivity index (χ3n) is 9.38. The first-order valence-corrected chi connectivity index (χ1v) is 15.5. The first-order chi connectivity index (χ1) is 22.4. The van der Waals surface area contributed by atoms with Crippen molar-refractivity contribution in [3.63, 3.8) is 0 Å². The van der Waals surface area contributed by atoms with Crippen LogP contribution in [0.1, 0.15) is 0 Å². The largest absolute Gasteiger partial charge is 0.308 e. The number of hydrogen-bond acceptors (Lipinski definition) is 0. The van der Waals surface area contributed by atoms with Crippen LogP contribution in [-0.2, 0) is 0 Å². The highest BCUT2D eigenvalue weighted by atomic mass is 15.0. The lowest BCUT2D eigenvalue weighted by molar-refractivity contribution is 1.17. The molecule has 0 spiro atoms. The number of aromatic nitrogens is 3. The Kier molecular flexibility index (Phi) is 5.00. The molecule has 3 heteroatoms. The quantitative estimate of drug-likeness (QED) is 0.200. The molecule has 3 aromatic heterocycles. The third-order valence-corrected chi connectivity index (χ3v) is 9.38. The van der Waals surface area contributed by atoms with Crippen LogP contribution in [0, 0.1) is 0 Å². The molecule has 0 atom stereocenters. The molecule has 0 aliphatic rings. The fourth-order valence-corrected chi connectivity index (χ4v) is 7.68. The monoisotopic (exact) mass is 573 g/mol. The van der Waals surface area contributed by atoms with E-state index in [-0.39, 0.29) is 0 Å².